The predicted octanol–water partition coefficient (Wildman–Crippen LogP) is 11.2. The summed E-state index contributed by atoms with van der Waals surface area (Å²) in [5, 5.41) is 7.41. The van der Waals surface area contributed by atoms with E-state index in [1.165, 1.54) is 46.0 Å². The highest BCUT2D eigenvalue weighted by atomic mass is 16.5. The SMILES string of the molecule is CC1=CCC[C@H](C)[C@@H]1c1c(C)nn(-c2cccc(Oc3ccc4c5ccccc5n(-c5cc(C(C)(C)C(C)C)ccn5)c4c3)c2)c1C. The van der Waals surface area contributed by atoms with Gasteiger partial charge in [-0.1, -0.05) is 70.5 Å². The van der Waals surface area contributed by atoms with Gasteiger partial charge in [-0.25, -0.2) is 9.67 Å². The minimum atomic E-state index is 0.0200. The predicted molar refractivity (Wildman–Crippen MR) is 194 cm³/mol. The number of nitrogens with zero attached hydrogens (tertiary/aromatic N) is 4. The summed E-state index contributed by atoms with van der Waals surface area (Å²) in [7, 11) is 0. The third-order valence-corrected chi connectivity index (χ3v) is 10.9. The van der Waals surface area contributed by atoms with Gasteiger partial charge in [-0.05, 0) is 98.9 Å². The highest BCUT2D eigenvalue weighted by Crippen LogP contribution is 2.42. The van der Waals surface area contributed by atoms with Gasteiger partial charge in [0.2, 0.25) is 0 Å². The lowest BCUT2D eigenvalue weighted by Gasteiger charge is -2.30. The summed E-state index contributed by atoms with van der Waals surface area (Å²) < 4.78 is 10.9. The molecule has 7 rings (SSSR count). The fraction of sp³-hybridized carbons (Fsp3) is 0.333. The first-order valence-electron chi connectivity index (χ1n) is 17.1. The summed E-state index contributed by atoms with van der Waals surface area (Å²) in [6.07, 6.45) is 6.74. The van der Waals surface area contributed by atoms with Crippen LogP contribution in [-0.2, 0) is 5.41 Å². The first-order valence-corrected chi connectivity index (χ1v) is 17.1. The number of allylic oxidation sites excluding steroid dienone is 2. The Morgan fingerprint density at radius 1 is 0.851 bits per heavy atom. The molecule has 3 aromatic carbocycles. The van der Waals surface area contributed by atoms with Crippen LogP contribution in [0, 0.1) is 25.7 Å². The molecule has 2 atom stereocenters. The second-order valence-corrected chi connectivity index (χ2v) is 14.4. The van der Waals surface area contributed by atoms with Crippen LogP contribution >= 0.6 is 0 Å². The molecule has 0 radical (unpaired) electrons. The molecule has 1 aliphatic carbocycles. The fourth-order valence-corrected chi connectivity index (χ4v) is 7.54. The Labute approximate surface area is 278 Å². The first kappa shape index (κ1) is 31.0. The Bertz CT molecular complexity index is 2140. The van der Waals surface area contributed by atoms with Gasteiger partial charge in [-0.3, -0.25) is 4.57 Å². The zero-order valence-electron chi connectivity index (χ0n) is 29.0. The molecule has 0 amide bonds. The number of benzene rings is 3. The van der Waals surface area contributed by atoms with E-state index in [2.05, 4.69) is 144 Å². The lowest BCUT2D eigenvalue weighted by molar-refractivity contribution is 0.372. The van der Waals surface area contributed by atoms with Crippen LogP contribution in [0.15, 0.2) is 96.7 Å². The van der Waals surface area contributed by atoms with E-state index < -0.39 is 0 Å². The van der Waals surface area contributed by atoms with Gasteiger partial charge in [0.25, 0.3) is 0 Å². The minimum absolute atomic E-state index is 0.0200. The quantitative estimate of drug-likeness (QED) is 0.166. The Kier molecular flexibility index (Phi) is 7.82. The molecule has 0 N–H and O–H groups in total. The van der Waals surface area contributed by atoms with Crippen molar-refractivity contribution in [3.63, 3.8) is 0 Å². The van der Waals surface area contributed by atoms with Gasteiger partial charge >= 0.3 is 0 Å². The van der Waals surface area contributed by atoms with Gasteiger partial charge in [0.15, 0.2) is 0 Å². The van der Waals surface area contributed by atoms with Crippen molar-refractivity contribution >= 4 is 21.8 Å². The van der Waals surface area contributed by atoms with Crippen LogP contribution in [0.1, 0.15) is 82.8 Å². The van der Waals surface area contributed by atoms with Crippen molar-refractivity contribution in [1.82, 2.24) is 19.3 Å². The molecule has 3 aromatic heterocycles. The number of aromatic nitrogens is 4. The number of aryl methyl sites for hydroxylation is 1. The molecule has 0 fully saturated rings. The summed E-state index contributed by atoms with van der Waals surface area (Å²) in [6, 6.07) is 27.6. The Morgan fingerprint density at radius 3 is 2.40 bits per heavy atom. The van der Waals surface area contributed by atoms with Crippen molar-refractivity contribution in [3.05, 3.63) is 119 Å². The summed E-state index contributed by atoms with van der Waals surface area (Å²) in [5.74, 6) is 3.99. The van der Waals surface area contributed by atoms with Crippen molar-refractivity contribution in [2.75, 3.05) is 0 Å². The van der Waals surface area contributed by atoms with Gasteiger partial charge in [0.1, 0.15) is 17.3 Å². The topological polar surface area (TPSA) is 44.9 Å². The molecular weight excluding hydrogens is 576 g/mol. The lowest BCUT2D eigenvalue weighted by Crippen LogP contribution is -2.24. The molecule has 240 valence electrons. The van der Waals surface area contributed by atoms with Crippen LogP contribution in [0.5, 0.6) is 11.5 Å². The van der Waals surface area contributed by atoms with E-state index in [0.717, 1.165) is 39.7 Å². The summed E-state index contributed by atoms with van der Waals surface area (Å²) in [6.45, 7) is 18.2. The second-order valence-electron chi connectivity index (χ2n) is 14.4. The molecule has 5 heteroatoms. The third kappa shape index (κ3) is 5.36. The zero-order chi connectivity index (χ0) is 33.0. The molecule has 0 unspecified atom stereocenters. The normalized spacial score (nSPS) is 17.1. The number of hydrogen-bond acceptors (Lipinski definition) is 3. The minimum Gasteiger partial charge on any atom is -0.457 e. The lowest BCUT2D eigenvalue weighted by atomic mass is 9.75. The highest BCUT2D eigenvalue weighted by molar-refractivity contribution is 6.09. The van der Waals surface area contributed by atoms with Crippen molar-refractivity contribution in [2.45, 2.75) is 79.6 Å². The molecule has 0 aliphatic heterocycles. The van der Waals surface area contributed by atoms with Crippen LogP contribution in [-0.4, -0.2) is 19.3 Å². The van der Waals surface area contributed by atoms with E-state index in [1.807, 2.05) is 12.3 Å². The number of hydrogen-bond donors (Lipinski definition) is 0. The summed E-state index contributed by atoms with van der Waals surface area (Å²) >= 11 is 0. The van der Waals surface area contributed by atoms with Gasteiger partial charge in [-0.15, -0.1) is 0 Å². The average molecular weight is 623 g/mol. The van der Waals surface area contributed by atoms with Crippen LogP contribution < -0.4 is 4.74 Å². The average Bonchev–Trinajstić information content (AvgIpc) is 3.54. The molecule has 1 aliphatic rings. The van der Waals surface area contributed by atoms with E-state index >= 15 is 0 Å². The number of para-hydroxylation sites is 1. The van der Waals surface area contributed by atoms with E-state index in [4.69, 9.17) is 14.8 Å². The summed E-state index contributed by atoms with van der Waals surface area (Å²) in [4.78, 5) is 4.88. The van der Waals surface area contributed by atoms with Gasteiger partial charge < -0.3 is 4.74 Å². The third-order valence-electron chi connectivity index (χ3n) is 10.9. The zero-order valence-corrected chi connectivity index (χ0v) is 29.0. The maximum absolute atomic E-state index is 6.59. The highest BCUT2D eigenvalue weighted by Gasteiger charge is 2.30. The molecule has 0 spiro atoms. The smallest absolute Gasteiger partial charge is 0.137 e. The van der Waals surface area contributed by atoms with Crippen LogP contribution in [0.2, 0.25) is 0 Å². The van der Waals surface area contributed by atoms with Crippen molar-refractivity contribution in [3.8, 4) is 23.0 Å². The Hall–Kier alpha value is -4.64. The van der Waals surface area contributed by atoms with Crippen LogP contribution in [0.4, 0.5) is 0 Å². The number of ether oxygens (including phenoxy) is 1. The van der Waals surface area contributed by atoms with E-state index in [9.17, 15) is 0 Å². The van der Waals surface area contributed by atoms with Gasteiger partial charge in [0, 0.05) is 46.3 Å². The van der Waals surface area contributed by atoms with Crippen LogP contribution in [0.3, 0.4) is 0 Å². The molecule has 47 heavy (non-hydrogen) atoms. The van der Waals surface area contributed by atoms with E-state index in [-0.39, 0.29) is 5.41 Å². The van der Waals surface area contributed by atoms with Crippen molar-refractivity contribution < 1.29 is 4.74 Å². The number of rotatable bonds is 7. The van der Waals surface area contributed by atoms with Crippen molar-refractivity contribution in [2.24, 2.45) is 11.8 Å². The van der Waals surface area contributed by atoms with Crippen molar-refractivity contribution in [1.29, 1.82) is 0 Å². The standard InChI is InChI=1S/C42H46N4O/c1-26(2)42(7,8)31-21-22-43-39(23-31)45-37-18-10-9-17-35(37)36-20-19-34(25-38(36)45)47-33-16-12-15-32(24-33)46-30(6)41(29(5)44-46)40-27(3)13-11-14-28(40)4/h9-10,12-13,15-26,28,40H,11,14H2,1-8H3/t28-,40+/m0/s1. The largest absolute Gasteiger partial charge is 0.457 e. The second kappa shape index (κ2) is 11.9. The maximum Gasteiger partial charge on any atom is 0.137 e. The van der Waals surface area contributed by atoms with Gasteiger partial charge in [0.05, 0.1) is 22.4 Å². The molecular formula is C42H46N4O. The Morgan fingerprint density at radius 2 is 1.62 bits per heavy atom. The monoisotopic (exact) mass is 622 g/mol. The first-order chi connectivity index (χ1) is 22.5. The van der Waals surface area contributed by atoms with E-state index in [0.29, 0.717) is 17.8 Å². The molecule has 3 heterocycles. The maximum atomic E-state index is 6.59. The number of pyridine rings is 1. The molecule has 6 aromatic rings. The molecule has 0 bridgehead atoms. The summed E-state index contributed by atoms with van der Waals surface area (Å²) in [5.41, 5.74) is 9.64. The molecule has 0 saturated carbocycles. The van der Waals surface area contributed by atoms with Crippen LogP contribution in [0.25, 0.3) is 33.3 Å². The Balaban J connectivity index is 1.27. The van der Waals surface area contributed by atoms with E-state index in [1.54, 1.807) is 0 Å². The molecule has 5 nitrogen and oxygen atoms in total. The molecule has 0 saturated heterocycles. The van der Waals surface area contributed by atoms with Gasteiger partial charge in [-0.2, -0.15) is 5.10 Å². The number of fused-ring (bicyclic) bond motifs is 3. The fourth-order valence-electron chi connectivity index (χ4n) is 7.54.